The number of aliphatic imine (C=N–C) groups is 1. The van der Waals surface area contributed by atoms with Gasteiger partial charge in [0.25, 0.3) is 0 Å². The molecule has 5 nitrogen and oxygen atoms in total. The Balaban J connectivity index is 1.75. The van der Waals surface area contributed by atoms with Crippen molar-refractivity contribution in [3.05, 3.63) is 87.4 Å². The number of carbonyl (C=O) groups is 1. The SMILES string of the molecule is COc1cc(/C=N/c2ccc(O)cc2)cc(Br)c1OC(=O)C=Cc1ccc(Cl)cc1. The maximum atomic E-state index is 12.2. The molecule has 152 valence electrons. The maximum absolute atomic E-state index is 12.2. The van der Waals surface area contributed by atoms with Crippen LogP contribution in [0.3, 0.4) is 0 Å². The van der Waals surface area contributed by atoms with E-state index in [1.165, 1.54) is 13.2 Å². The van der Waals surface area contributed by atoms with Gasteiger partial charge in [-0.25, -0.2) is 4.79 Å². The highest BCUT2D eigenvalue weighted by Crippen LogP contribution is 2.36. The van der Waals surface area contributed by atoms with Crippen molar-refractivity contribution in [2.75, 3.05) is 7.11 Å². The summed E-state index contributed by atoms with van der Waals surface area (Å²) in [5, 5.41) is 9.96. The van der Waals surface area contributed by atoms with Gasteiger partial charge in [-0.1, -0.05) is 23.7 Å². The van der Waals surface area contributed by atoms with Crippen LogP contribution in [0, 0.1) is 0 Å². The Labute approximate surface area is 187 Å². The summed E-state index contributed by atoms with van der Waals surface area (Å²) in [5.74, 6) is 0.277. The average Bonchev–Trinajstić information content (AvgIpc) is 2.74. The van der Waals surface area contributed by atoms with E-state index in [2.05, 4.69) is 20.9 Å². The molecular formula is C23H17BrClNO4. The van der Waals surface area contributed by atoms with E-state index >= 15 is 0 Å². The summed E-state index contributed by atoms with van der Waals surface area (Å²) in [7, 11) is 1.49. The molecule has 30 heavy (non-hydrogen) atoms. The van der Waals surface area contributed by atoms with Gasteiger partial charge in [0.05, 0.1) is 17.3 Å². The highest BCUT2D eigenvalue weighted by molar-refractivity contribution is 9.10. The third-order valence-electron chi connectivity index (χ3n) is 3.95. The topological polar surface area (TPSA) is 68.1 Å². The molecule has 3 rings (SSSR count). The zero-order chi connectivity index (χ0) is 21.5. The highest BCUT2D eigenvalue weighted by Gasteiger charge is 2.14. The third kappa shape index (κ3) is 5.95. The standard InChI is InChI=1S/C23H17BrClNO4/c1-29-21-13-16(14-26-18-7-9-19(27)10-8-18)12-20(24)23(21)30-22(28)11-4-15-2-5-17(25)6-3-15/h2-14,27H,1H3/b11-4?,26-14+. The Bertz CT molecular complexity index is 1090. The summed E-state index contributed by atoms with van der Waals surface area (Å²) >= 11 is 9.27. The largest absolute Gasteiger partial charge is 0.508 e. The van der Waals surface area contributed by atoms with Crippen LogP contribution in [0.1, 0.15) is 11.1 Å². The van der Waals surface area contributed by atoms with Gasteiger partial charge in [-0.2, -0.15) is 0 Å². The first-order valence-corrected chi connectivity index (χ1v) is 9.98. The van der Waals surface area contributed by atoms with Crippen molar-refractivity contribution in [3.63, 3.8) is 0 Å². The van der Waals surface area contributed by atoms with Crippen molar-refractivity contribution in [1.29, 1.82) is 0 Å². The van der Waals surface area contributed by atoms with E-state index in [0.29, 0.717) is 20.9 Å². The second kappa shape index (κ2) is 10.1. The molecule has 0 aromatic heterocycles. The molecular weight excluding hydrogens is 470 g/mol. The molecule has 3 aromatic rings. The molecule has 0 aliphatic carbocycles. The highest BCUT2D eigenvalue weighted by atomic mass is 79.9. The van der Waals surface area contributed by atoms with Crippen molar-refractivity contribution in [1.82, 2.24) is 0 Å². The number of ether oxygens (including phenoxy) is 2. The molecule has 0 saturated carbocycles. The Morgan fingerprint density at radius 2 is 1.77 bits per heavy atom. The van der Waals surface area contributed by atoms with E-state index in [4.69, 9.17) is 21.1 Å². The van der Waals surface area contributed by atoms with E-state index in [1.807, 2.05) is 0 Å². The molecule has 0 atom stereocenters. The fraction of sp³-hybridized carbons (Fsp3) is 0.0435. The Hall–Kier alpha value is -3.09. The molecule has 0 fully saturated rings. The van der Waals surface area contributed by atoms with E-state index in [1.54, 1.807) is 73.0 Å². The molecule has 0 aliphatic heterocycles. The lowest BCUT2D eigenvalue weighted by atomic mass is 10.2. The van der Waals surface area contributed by atoms with Gasteiger partial charge in [-0.05, 0) is 81.7 Å². The van der Waals surface area contributed by atoms with Crippen LogP contribution >= 0.6 is 27.5 Å². The lowest BCUT2D eigenvalue weighted by molar-refractivity contribution is -0.129. The number of phenols is 1. The smallest absolute Gasteiger partial charge is 0.336 e. The summed E-state index contributed by atoms with van der Waals surface area (Å²) in [6.07, 6.45) is 4.61. The molecule has 7 heteroatoms. The van der Waals surface area contributed by atoms with Crippen molar-refractivity contribution in [3.8, 4) is 17.2 Å². The number of hydrogen-bond acceptors (Lipinski definition) is 5. The van der Waals surface area contributed by atoms with Gasteiger partial charge in [0.1, 0.15) is 5.75 Å². The van der Waals surface area contributed by atoms with Gasteiger partial charge < -0.3 is 14.6 Å². The van der Waals surface area contributed by atoms with Crippen molar-refractivity contribution in [2.45, 2.75) is 0 Å². The molecule has 1 N–H and O–H groups in total. The number of hydrogen-bond donors (Lipinski definition) is 1. The quantitative estimate of drug-likeness (QED) is 0.195. The lowest BCUT2D eigenvalue weighted by Gasteiger charge is -2.11. The van der Waals surface area contributed by atoms with Crippen LogP contribution in [0.5, 0.6) is 17.2 Å². The fourth-order valence-corrected chi connectivity index (χ4v) is 3.14. The predicted molar refractivity (Wildman–Crippen MR) is 122 cm³/mol. The van der Waals surface area contributed by atoms with Gasteiger partial charge in [0.2, 0.25) is 0 Å². The number of nitrogens with zero attached hydrogens (tertiary/aromatic N) is 1. The van der Waals surface area contributed by atoms with Crippen LogP contribution in [0.2, 0.25) is 5.02 Å². The normalized spacial score (nSPS) is 11.2. The number of aromatic hydroxyl groups is 1. The molecule has 0 amide bonds. The molecule has 3 aromatic carbocycles. The summed E-state index contributed by atoms with van der Waals surface area (Å²) in [6, 6.07) is 17.1. The molecule has 0 bridgehead atoms. The zero-order valence-corrected chi connectivity index (χ0v) is 18.2. The van der Waals surface area contributed by atoms with E-state index < -0.39 is 5.97 Å². The van der Waals surface area contributed by atoms with Crippen LogP contribution in [0.4, 0.5) is 5.69 Å². The van der Waals surface area contributed by atoms with Crippen LogP contribution in [0.15, 0.2) is 76.2 Å². The van der Waals surface area contributed by atoms with Crippen LogP contribution in [-0.4, -0.2) is 24.4 Å². The molecule has 0 spiro atoms. The molecule has 0 aliphatic rings. The number of rotatable bonds is 6. The number of methoxy groups -OCH3 is 1. The summed E-state index contributed by atoms with van der Waals surface area (Å²) in [6.45, 7) is 0. The summed E-state index contributed by atoms with van der Waals surface area (Å²) in [5.41, 5.74) is 2.25. The van der Waals surface area contributed by atoms with Gasteiger partial charge in [-0.3, -0.25) is 4.99 Å². The van der Waals surface area contributed by atoms with Crippen molar-refractivity contribution in [2.24, 2.45) is 4.99 Å². The van der Waals surface area contributed by atoms with Gasteiger partial charge in [0.15, 0.2) is 11.5 Å². The average molecular weight is 487 g/mol. The second-order valence-electron chi connectivity index (χ2n) is 6.11. The number of halogens is 2. The first kappa shape index (κ1) is 21.6. The Kier molecular flexibility index (Phi) is 7.27. The predicted octanol–water partition coefficient (Wildman–Crippen LogP) is 6.19. The number of carbonyl (C=O) groups excluding carboxylic acids is 1. The van der Waals surface area contributed by atoms with E-state index in [9.17, 15) is 9.90 Å². The van der Waals surface area contributed by atoms with Crippen LogP contribution < -0.4 is 9.47 Å². The zero-order valence-electron chi connectivity index (χ0n) is 15.9. The van der Waals surface area contributed by atoms with Crippen molar-refractivity contribution >= 4 is 51.5 Å². The van der Waals surface area contributed by atoms with E-state index in [-0.39, 0.29) is 11.5 Å². The monoisotopic (exact) mass is 485 g/mol. The number of benzene rings is 3. The van der Waals surface area contributed by atoms with Crippen LogP contribution in [-0.2, 0) is 4.79 Å². The minimum Gasteiger partial charge on any atom is -0.508 e. The maximum Gasteiger partial charge on any atom is 0.336 e. The minimum atomic E-state index is -0.547. The first-order chi connectivity index (χ1) is 14.4. The van der Waals surface area contributed by atoms with Crippen molar-refractivity contribution < 1.29 is 19.4 Å². The first-order valence-electron chi connectivity index (χ1n) is 8.80. The van der Waals surface area contributed by atoms with Gasteiger partial charge in [0, 0.05) is 17.3 Å². The molecule has 0 radical (unpaired) electrons. The lowest BCUT2D eigenvalue weighted by Crippen LogP contribution is -2.06. The summed E-state index contributed by atoms with van der Waals surface area (Å²) < 4.78 is 11.4. The van der Waals surface area contributed by atoms with Crippen LogP contribution in [0.25, 0.3) is 6.08 Å². The molecule has 0 saturated heterocycles. The van der Waals surface area contributed by atoms with E-state index in [0.717, 1.165) is 11.1 Å². The Morgan fingerprint density at radius 1 is 1.07 bits per heavy atom. The molecule has 0 heterocycles. The molecule has 0 unspecified atom stereocenters. The Morgan fingerprint density at radius 3 is 2.43 bits per heavy atom. The van der Waals surface area contributed by atoms with Gasteiger partial charge in [-0.15, -0.1) is 0 Å². The minimum absolute atomic E-state index is 0.176. The van der Waals surface area contributed by atoms with Gasteiger partial charge >= 0.3 is 5.97 Å². The number of esters is 1. The second-order valence-corrected chi connectivity index (χ2v) is 7.41. The summed E-state index contributed by atoms with van der Waals surface area (Å²) in [4.78, 5) is 16.6. The number of phenolic OH excluding ortho intramolecular Hbond substituents is 1. The fourth-order valence-electron chi connectivity index (χ4n) is 2.47. The third-order valence-corrected chi connectivity index (χ3v) is 4.79.